The molecule has 17 heavy (non-hydrogen) atoms. The van der Waals surface area contributed by atoms with Crippen LogP contribution in [0.4, 0.5) is 0 Å². The van der Waals surface area contributed by atoms with E-state index >= 15 is 0 Å². The van der Waals surface area contributed by atoms with E-state index in [9.17, 15) is 0 Å². The van der Waals surface area contributed by atoms with Gasteiger partial charge in [0.05, 0.1) is 0 Å². The third kappa shape index (κ3) is 3.80. The van der Waals surface area contributed by atoms with Crippen molar-refractivity contribution in [3.05, 3.63) is 11.7 Å². The van der Waals surface area contributed by atoms with Crippen LogP contribution in [0.5, 0.6) is 0 Å². The van der Waals surface area contributed by atoms with Gasteiger partial charge in [-0.1, -0.05) is 25.4 Å². The summed E-state index contributed by atoms with van der Waals surface area (Å²) in [6.45, 7) is 6.65. The SMILES string of the molecule is CCC(C)Cc1nc(CC2CCCNC2)no1. The van der Waals surface area contributed by atoms with Gasteiger partial charge in [0, 0.05) is 12.8 Å². The number of nitrogens with zero attached hydrogens (tertiary/aromatic N) is 2. The van der Waals surface area contributed by atoms with Crippen LogP contribution >= 0.6 is 0 Å². The first kappa shape index (κ1) is 12.6. The molecular formula is C13H23N3O. The van der Waals surface area contributed by atoms with E-state index in [0.29, 0.717) is 11.8 Å². The lowest BCUT2D eigenvalue weighted by atomic mass is 9.96. The number of aromatic nitrogens is 2. The van der Waals surface area contributed by atoms with Crippen LogP contribution in [0, 0.1) is 11.8 Å². The summed E-state index contributed by atoms with van der Waals surface area (Å²) in [6.07, 6.45) is 5.57. The van der Waals surface area contributed by atoms with Crippen LogP contribution in [0.25, 0.3) is 0 Å². The topological polar surface area (TPSA) is 51.0 Å². The third-order valence-corrected chi connectivity index (χ3v) is 3.60. The smallest absolute Gasteiger partial charge is 0.226 e. The van der Waals surface area contributed by atoms with Crippen molar-refractivity contribution in [1.29, 1.82) is 0 Å². The minimum Gasteiger partial charge on any atom is -0.339 e. The predicted molar refractivity (Wildman–Crippen MR) is 66.8 cm³/mol. The lowest BCUT2D eigenvalue weighted by molar-refractivity contribution is 0.339. The summed E-state index contributed by atoms with van der Waals surface area (Å²) in [5.74, 6) is 2.99. The Labute approximate surface area is 103 Å². The quantitative estimate of drug-likeness (QED) is 0.853. The molecule has 2 atom stereocenters. The van der Waals surface area contributed by atoms with Gasteiger partial charge in [-0.05, 0) is 37.8 Å². The second-order valence-corrected chi connectivity index (χ2v) is 5.24. The molecule has 0 spiro atoms. The Morgan fingerprint density at radius 3 is 3.12 bits per heavy atom. The predicted octanol–water partition coefficient (Wildman–Crippen LogP) is 2.20. The molecule has 4 nitrogen and oxygen atoms in total. The molecule has 0 aliphatic carbocycles. The second kappa shape index (κ2) is 6.15. The lowest BCUT2D eigenvalue weighted by Gasteiger charge is -2.20. The molecule has 1 aromatic rings. The average Bonchev–Trinajstić information content (AvgIpc) is 2.77. The molecule has 1 N–H and O–H groups in total. The van der Waals surface area contributed by atoms with Crippen molar-refractivity contribution in [3.8, 4) is 0 Å². The van der Waals surface area contributed by atoms with Gasteiger partial charge in [0.2, 0.25) is 5.89 Å². The number of hydrogen-bond acceptors (Lipinski definition) is 4. The zero-order valence-electron chi connectivity index (χ0n) is 10.9. The van der Waals surface area contributed by atoms with Gasteiger partial charge < -0.3 is 9.84 Å². The van der Waals surface area contributed by atoms with Crippen molar-refractivity contribution in [2.45, 2.75) is 46.0 Å². The molecule has 1 aliphatic rings. The maximum Gasteiger partial charge on any atom is 0.226 e. The summed E-state index contributed by atoms with van der Waals surface area (Å²) in [7, 11) is 0. The van der Waals surface area contributed by atoms with Gasteiger partial charge in [-0.25, -0.2) is 0 Å². The maximum absolute atomic E-state index is 5.30. The molecule has 1 aromatic heterocycles. The molecule has 0 amide bonds. The standard InChI is InChI=1S/C13H23N3O/c1-3-10(2)7-13-15-12(16-17-13)8-11-5-4-6-14-9-11/h10-11,14H,3-9H2,1-2H3. The Balaban J connectivity index is 1.84. The van der Waals surface area contributed by atoms with E-state index in [4.69, 9.17) is 4.52 Å². The maximum atomic E-state index is 5.30. The molecule has 0 aromatic carbocycles. The van der Waals surface area contributed by atoms with Gasteiger partial charge in [0.25, 0.3) is 0 Å². The highest BCUT2D eigenvalue weighted by molar-refractivity contribution is 4.90. The van der Waals surface area contributed by atoms with E-state index in [1.165, 1.54) is 12.8 Å². The minimum atomic E-state index is 0.625. The van der Waals surface area contributed by atoms with Gasteiger partial charge in [-0.3, -0.25) is 0 Å². The fourth-order valence-corrected chi connectivity index (χ4v) is 2.25. The average molecular weight is 237 g/mol. The van der Waals surface area contributed by atoms with Crippen LogP contribution in [-0.4, -0.2) is 23.2 Å². The molecule has 2 unspecified atom stereocenters. The summed E-state index contributed by atoms with van der Waals surface area (Å²) in [6, 6.07) is 0. The Bertz CT molecular complexity index is 331. The highest BCUT2D eigenvalue weighted by Crippen LogP contribution is 2.16. The lowest BCUT2D eigenvalue weighted by Crippen LogP contribution is -2.31. The molecular weight excluding hydrogens is 214 g/mol. The molecule has 1 saturated heterocycles. The molecule has 0 radical (unpaired) electrons. The van der Waals surface area contributed by atoms with Gasteiger partial charge in [0.1, 0.15) is 0 Å². The zero-order chi connectivity index (χ0) is 12.1. The first-order valence-electron chi connectivity index (χ1n) is 6.80. The number of hydrogen-bond donors (Lipinski definition) is 1. The fraction of sp³-hybridized carbons (Fsp3) is 0.846. The van der Waals surface area contributed by atoms with Crippen LogP contribution in [0.3, 0.4) is 0 Å². The van der Waals surface area contributed by atoms with E-state index in [1.807, 2.05) is 0 Å². The Morgan fingerprint density at radius 1 is 1.53 bits per heavy atom. The van der Waals surface area contributed by atoms with Crippen molar-refractivity contribution >= 4 is 0 Å². The summed E-state index contributed by atoms with van der Waals surface area (Å²) in [5, 5.41) is 7.50. The molecule has 0 bridgehead atoms. The second-order valence-electron chi connectivity index (χ2n) is 5.24. The van der Waals surface area contributed by atoms with Gasteiger partial charge in [-0.15, -0.1) is 0 Å². The molecule has 0 saturated carbocycles. The minimum absolute atomic E-state index is 0.625. The monoisotopic (exact) mass is 237 g/mol. The van der Waals surface area contributed by atoms with Crippen LogP contribution in [-0.2, 0) is 12.8 Å². The molecule has 1 fully saturated rings. The van der Waals surface area contributed by atoms with Crippen molar-refractivity contribution < 1.29 is 4.52 Å². The van der Waals surface area contributed by atoms with Crippen LogP contribution in [0.2, 0.25) is 0 Å². The number of nitrogens with one attached hydrogen (secondary N) is 1. The Hall–Kier alpha value is -0.900. The number of piperidine rings is 1. The Kier molecular flexibility index (Phi) is 4.54. The summed E-state index contributed by atoms with van der Waals surface area (Å²) in [5.41, 5.74) is 0. The van der Waals surface area contributed by atoms with Crippen LogP contribution in [0.1, 0.15) is 44.8 Å². The zero-order valence-corrected chi connectivity index (χ0v) is 10.9. The summed E-state index contributed by atoms with van der Waals surface area (Å²) < 4.78 is 5.30. The van der Waals surface area contributed by atoms with Crippen LogP contribution in [0.15, 0.2) is 4.52 Å². The van der Waals surface area contributed by atoms with Crippen molar-refractivity contribution in [2.24, 2.45) is 11.8 Å². The fourth-order valence-electron chi connectivity index (χ4n) is 2.25. The summed E-state index contributed by atoms with van der Waals surface area (Å²) in [4.78, 5) is 4.49. The first-order valence-corrected chi connectivity index (χ1v) is 6.80. The summed E-state index contributed by atoms with van der Waals surface area (Å²) >= 11 is 0. The van der Waals surface area contributed by atoms with E-state index in [0.717, 1.165) is 44.1 Å². The van der Waals surface area contributed by atoms with Gasteiger partial charge >= 0.3 is 0 Å². The molecule has 96 valence electrons. The number of rotatable bonds is 5. The normalized spacial score (nSPS) is 22.6. The van der Waals surface area contributed by atoms with Gasteiger partial charge in [-0.2, -0.15) is 4.98 Å². The van der Waals surface area contributed by atoms with E-state index in [1.54, 1.807) is 0 Å². The third-order valence-electron chi connectivity index (χ3n) is 3.60. The van der Waals surface area contributed by atoms with Gasteiger partial charge in [0.15, 0.2) is 5.82 Å². The Morgan fingerprint density at radius 2 is 2.41 bits per heavy atom. The van der Waals surface area contributed by atoms with E-state index < -0.39 is 0 Å². The van der Waals surface area contributed by atoms with Crippen molar-refractivity contribution in [3.63, 3.8) is 0 Å². The molecule has 2 heterocycles. The van der Waals surface area contributed by atoms with E-state index in [-0.39, 0.29) is 0 Å². The van der Waals surface area contributed by atoms with E-state index in [2.05, 4.69) is 29.3 Å². The first-order chi connectivity index (χ1) is 8.28. The van der Waals surface area contributed by atoms with Crippen molar-refractivity contribution in [1.82, 2.24) is 15.5 Å². The van der Waals surface area contributed by atoms with Crippen LogP contribution < -0.4 is 5.32 Å². The molecule has 2 rings (SSSR count). The largest absolute Gasteiger partial charge is 0.339 e. The molecule has 1 aliphatic heterocycles. The van der Waals surface area contributed by atoms with Crippen molar-refractivity contribution in [2.75, 3.05) is 13.1 Å². The highest BCUT2D eigenvalue weighted by Gasteiger charge is 2.17. The molecule has 4 heteroatoms. The highest BCUT2D eigenvalue weighted by atomic mass is 16.5.